The number of halogens is 1. The van der Waals surface area contributed by atoms with Gasteiger partial charge >= 0.3 is 0 Å². The molecule has 0 bridgehead atoms. The Morgan fingerprint density at radius 3 is 2.65 bits per heavy atom. The summed E-state index contributed by atoms with van der Waals surface area (Å²) in [5.41, 5.74) is 2.49. The molecule has 1 fully saturated rings. The summed E-state index contributed by atoms with van der Waals surface area (Å²) in [6.45, 7) is 5.16. The van der Waals surface area contributed by atoms with Crippen molar-refractivity contribution in [2.45, 2.75) is 37.8 Å². The third-order valence-corrected chi connectivity index (χ3v) is 7.32. The average Bonchev–Trinajstić information content (AvgIpc) is 2.93. The van der Waals surface area contributed by atoms with Crippen molar-refractivity contribution in [2.75, 3.05) is 32.6 Å². The summed E-state index contributed by atoms with van der Waals surface area (Å²) >= 11 is 6.40. The molecule has 37 heavy (non-hydrogen) atoms. The van der Waals surface area contributed by atoms with Crippen LogP contribution in [-0.4, -0.2) is 61.1 Å². The summed E-state index contributed by atoms with van der Waals surface area (Å²) in [4.78, 5) is 32.0. The summed E-state index contributed by atoms with van der Waals surface area (Å²) in [6, 6.07) is 15.3. The molecular weight excluding hydrogens is 488 g/mol. The van der Waals surface area contributed by atoms with Gasteiger partial charge in [-0.1, -0.05) is 36.4 Å². The van der Waals surface area contributed by atoms with Crippen LogP contribution in [0.1, 0.15) is 36.2 Å². The number of amides is 2. The van der Waals surface area contributed by atoms with Crippen molar-refractivity contribution in [3.05, 3.63) is 71.9 Å². The Hall–Kier alpha value is -3.26. The second-order valence-electron chi connectivity index (χ2n) is 9.41. The zero-order chi connectivity index (χ0) is 26.4. The monoisotopic (exact) mass is 520 g/mol. The number of benzene rings is 2. The van der Waals surface area contributed by atoms with Gasteiger partial charge in [0.05, 0.1) is 12.3 Å². The highest BCUT2D eigenvalue weighted by molar-refractivity contribution is 6.36. The van der Waals surface area contributed by atoms with Crippen LogP contribution < -0.4 is 10.6 Å². The molecule has 0 aliphatic heterocycles. The highest BCUT2D eigenvalue weighted by atomic mass is 35.5. The van der Waals surface area contributed by atoms with E-state index >= 15 is 0 Å². The van der Waals surface area contributed by atoms with E-state index in [1.165, 1.54) is 6.08 Å². The molecule has 2 amide bonds. The minimum absolute atomic E-state index is 0.142. The van der Waals surface area contributed by atoms with Gasteiger partial charge in [-0.15, -0.1) is 0 Å². The first-order chi connectivity index (χ1) is 17.9. The molecule has 8 heteroatoms. The maximum Gasteiger partial charge on any atom is 0.270 e. The quantitative estimate of drug-likeness (QED) is 0.374. The number of methoxy groups -OCH3 is 1. The van der Waals surface area contributed by atoms with Crippen molar-refractivity contribution in [1.29, 1.82) is 0 Å². The molecule has 1 aliphatic carbocycles. The molecule has 0 spiro atoms. The molecule has 2 aromatic carbocycles. The van der Waals surface area contributed by atoms with E-state index < -0.39 is 0 Å². The number of ether oxygens (including phenoxy) is 1. The minimum Gasteiger partial charge on any atom is -0.383 e. The minimum atomic E-state index is -0.304. The molecule has 0 unspecified atom stereocenters. The lowest BCUT2D eigenvalue weighted by atomic mass is 9.90. The Bertz CT molecular complexity index is 1290. The van der Waals surface area contributed by atoms with Gasteiger partial charge in [-0.25, -0.2) is 4.98 Å². The lowest BCUT2D eigenvalue weighted by Crippen LogP contribution is -2.43. The number of likely N-dealkylation sites (N-methyl/N-ethyl adjacent to an activating group) is 1. The number of carbonyl (C=O) groups is 2. The van der Waals surface area contributed by atoms with E-state index in [9.17, 15) is 9.59 Å². The van der Waals surface area contributed by atoms with Crippen LogP contribution in [0.25, 0.3) is 22.0 Å². The number of nitrogens with one attached hydrogen (secondary N) is 2. The van der Waals surface area contributed by atoms with E-state index in [2.05, 4.69) is 34.1 Å². The van der Waals surface area contributed by atoms with Gasteiger partial charge in [0.15, 0.2) is 0 Å². The van der Waals surface area contributed by atoms with Gasteiger partial charge in [0.1, 0.15) is 5.69 Å². The standard InChI is InChI=1S/C29H33ClN4O3/c1-4-28(35)33-26-15-14-24(30)22-13-8-19(18-23(22)26)25-6-5-7-27(32-25)29(36)31-20-9-11-21(12-10-20)34(2)16-17-37-3/h4-8,13-15,18,20-21H,1,9-12,16-17H2,2-3H3,(H,31,36)(H,33,35)/t20-,21-. The number of aromatic nitrogens is 1. The van der Waals surface area contributed by atoms with Crippen LogP contribution >= 0.6 is 11.6 Å². The van der Waals surface area contributed by atoms with Crippen molar-refractivity contribution in [3.63, 3.8) is 0 Å². The fourth-order valence-corrected chi connectivity index (χ4v) is 5.05. The van der Waals surface area contributed by atoms with Gasteiger partial charge in [-0.05, 0) is 69.1 Å². The van der Waals surface area contributed by atoms with Crippen LogP contribution in [0.2, 0.25) is 5.02 Å². The first kappa shape index (κ1) is 26.8. The van der Waals surface area contributed by atoms with Gasteiger partial charge in [-0.3, -0.25) is 9.59 Å². The van der Waals surface area contributed by atoms with Crippen molar-refractivity contribution >= 4 is 39.9 Å². The Kier molecular flexibility index (Phi) is 8.92. The molecule has 0 atom stereocenters. The Balaban J connectivity index is 1.48. The summed E-state index contributed by atoms with van der Waals surface area (Å²) in [5.74, 6) is -0.470. The maximum atomic E-state index is 13.0. The smallest absolute Gasteiger partial charge is 0.270 e. The number of fused-ring (bicyclic) bond motifs is 1. The second-order valence-corrected chi connectivity index (χ2v) is 9.82. The number of nitrogens with zero attached hydrogens (tertiary/aromatic N) is 2. The topological polar surface area (TPSA) is 83.6 Å². The molecule has 1 aromatic heterocycles. The molecule has 3 aromatic rings. The number of hydrogen-bond donors (Lipinski definition) is 2. The lowest BCUT2D eigenvalue weighted by molar-refractivity contribution is -0.111. The number of carbonyl (C=O) groups excluding carboxylic acids is 2. The Morgan fingerprint density at radius 1 is 1.14 bits per heavy atom. The first-order valence-electron chi connectivity index (χ1n) is 12.5. The average molecular weight is 521 g/mol. The number of hydrogen-bond acceptors (Lipinski definition) is 5. The van der Waals surface area contributed by atoms with E-state index in [0.717, 1.165) is 55.2 Å². The predicted octanol–water partition coefficient (Wildman–Crippen LogP) is 5.30. The number of rotatable bonds is 9. The van der Waals surface area contributed by atoms with Gasteiger partial charge in [0.2, 0.25) is 5.91 Å². The summed E-state index contributed by atoms with van der Waals surface area (Å²) in [5, 5.41) is 8.17. The molecule has 0 saturated heterocycles. The van der Waals surface area contributed by atoms with Crippen molar-refractivity contribution < 1.29 is 14.3 Å². The van der Waals surface area contributed by atoms with Crippen LogP contribution in [0.3, 0.4) is 0 Å². The Labute approximate surface area is 222 Å². The zero-order valence-corrected chi connectivity index (χ0v) is 22.1. The molecular formula is C29H33ClN4O3. The van der Waals surface area contributed by atoms with Crippen molar-refractivity contribution in [2.24, 2.45) is 0 Å². The van der Waals surface area contributed by atoms with Gasteiger partial charge in [-0.2, -0.15) is 0 Å². The van der Waals surface area contributed by atoms with Crippen LogP contribution in [0.15, 0.2) is 61.2 Å². The molecule has 1 aliphatic rings. The SMILES string of the molecule is C=CC(=O)Nc1ccc(Cl)c2ccc(-c3cccc(C(=O)N[C@H]4CC[C@H](N(C)CCOC)CC4)n3)cc12. The lowest BCUT2D eigenvalue weighted by Gasteiger charge is -2.34. The third kappa shape index (κ3) is 6.55. The van der Waals surface area contributed by atoms with Crippen LogP contribution in [0.5, 0.6) is 0 Å². The molecule has 0 radical (unpaired) electrons. The highest BCUT2D eigenvalue weighted by Gasteiger charge is 2.25. The van der Waals surface area contributed by atoms with Crippen LogP contribution in [-0.2, 0) is 9.53 Å². The zero-order valence-electron chi connectivity index (χ0n) is 21.3. The largest absolute Gasteiger partial charge is 0.383 e. The van der Waals surface area contributed by atoms with E-state index in [-0.39, 0.29) is 17.9 Å². The molecule has 7 nitrogen and oxygen atoms in total. The van der Waals surface area contributed by atoms with Crippen molar-refractivity contribution in [3.8, 4) is 11.3 Å². The fraction of sp³-hybridized carbons (Fsp3) is 0.345. The first-order valence-corrected chi connectivity index (χ1v) is 12.9. The van der Waals surface area contributed by atoms with E-state index in [1.807, 2.05) is 30.3 Å². The summed E-state index contributed by atoms with van der Waals surface area (Å²) < 4.78 is 5.19. The van der Waals surface area contributed by atoms with E-state index in [1.54, 1.807) is 25.3 Å². The summed E-state index contributed by atoms with van der Waals surface area (Å²) in [7, 11) is 3.86. The van der Waals surface area contributed by atoms with Gasteiger partial charge in [0, 0.05) is 52.8 Å². The summed E-state index contributed by atoms with van der Waals surface area (Å²) in [6.07, 6.45) is 5.20. The molecule has 2 N–H and O–H groups in total. The number of pyridine rings is 1. The maximum absolute atomic E-state index is 13.0. The highest BCUT2D eigenvalue weighted by Crippen LogP contribution is 2.33. The van der Waals surface area contributed by atoms with Gasteiger partial charge < -0.3 is 20.3 Å². The molecule has 194 valence electrons. The second kappa shape index (κ2) is 12.3. The van der Waals surface area contributed by atoms with Gasteiger partial charge in [0.25, 0.3) is 5.91 Å². The van der Waals surface area contributed by atoms with E-state index in [4.69, 9.17) is 16.3 Å². The van der Waals surface area contributed by atoms with Crippen LogP contribution in [0, 0.1) is 0 Å². The normalized spacial score (nSPS) is 17.5. The molecule has 1 heterocycles. The van der Waals surface area contributed by atoms with Crippen molar-refractivity contribution in [1.82, 2.24) is 15.2 Å². The Morgan fingerprint density at radius 2 is 1.92 bits per heavy atom. The van der Waals surface area contributed by atoms with Crippen LogP contribution in [0.4, 0.5) is 5.69 Å². The predicted molar refractivity (Wildman–Crippen MR) is 149 cm³/mol. The molecule has 1 saturated carbocycles. The fourth-order valence-electron chi connectivity index (χ4n) is 4.82. The third-order valence-electron chi connectivity index (χ3n) is 6.99. The number of anilines is 1. The van der Waals surface area contributed by atoms with E-state index in [0.29, 0.717) is 28.1 Å². The molecule has 4 rings (SSSR count).